The molecule has 0 spiro atoms. The van der Waals surface area contributed by atoms with Crippen LogP contribution < -0.4 is 5.32 Å². The van der Waals surface area contributed by atoms with Gasteiger partial charge in [0, 0.05) is 17.0 Å². The van der Waals surface area contributed by atoms with Crippen LogP contribution in [-0.4, -0.2) is 18.9 Å². The fourth-order valence-corrected chi connectivity index (χ4v) is 2.12. The zero-order valence-electron chi connectivity index (χ0n) is 8.50. The van der Waals surface area contributed by atoms with E-state index in [4.69, 9.17) is 11.6 Å². The molecule has 1 fully saturated rings. The van der Waals surface area contributed by atoms with Gasteiger partial charge < -0.3 is 5.32 Å². The lowest BCUT2D eigenvalue weighted by Gasteiger charge is -2.06. The highest BCUT2D eigenvalue weighted by Crippen LogP contribution is 2.18. The molecule has 2 rings (SSSR count). The van der Waals surface area contributed by atoms with Crippen molar-refractivity contribution in [1.29, 1.82) is 0 Å². The SMILES string of the molecule is O=C(CC1CCNC1)c1cccc(Cl)c1. The lowest BCUT2D eigenvalue weighted by molar-refractivity contribution is 0.0964. The van der Waals surface area contributed by atoms with Gasteiger partial charge in [-0.05, 0) is 37.6 Å². The van der Waals surface area contributed by atoms with Crippen LogP contribution in [0.2, 0.25) is 5.02 Å². The number of nitrogens with one attached hydrogen (secondary N) is 1. The average Bonchev–Trinajstić information content (AvgIpc) is 2.70. The van der Waals surface area contributed by atoms with Crippen LogP contribution in [0.4, 0.5) is 0 Å². The molecule has 1 heterocycles. The molecule has 0 bridgehead atoms. The molecule has 1 atom stereocenters. The molecule has 1 aliphatic heterocycles. The Hall–Kier alpha value is -0.860. The standard InChI is InChI=1S/C12H14ClNO/c13-11-3-1-2-10(7-11)12(15)6-9-4-5-14-8-9/h1-3,7,9,14H,4-6,8H2. The summed E-state index contributed by atoms with van der Waals surface area (Å²) in [5.74, 6) is 0.697. The smallest absolute Gasteiger partial charge is 0.163 e. The lowest BCUT2D eigenvalue weighted by Crippen LogP contribution is -2.12. The molecule has 1 N–H and O–H groups in total. The van der Waals surface area contributed by atoms with Gasteiger partial charge in [0.25, 0.3) is 0 Å². The fraction of sp³-hybridized carbons (Fsp3) is 0.417. The maximum Gasteiger partial charge on any atom is 0.163 e. The molecule has 2 nitrogen and oxygen atoms in total. The minimum absolute atomic E-state index is 0.200. The van der Waals surface area contributed by atoms with Gasteiger partial charge in [-0.2, -0.15) is 0 Å². The zero-order chi connectivity index (χ0) is 10.7. The van der Waals surface area contributed by atoms with Crippen LogP contribution in [0.3, 0.4) is 0 Å². The first-order valence-electron chi connectivity index (χ1n) is 5.25. The molecule has 1 unspecified atom stereocenters. The second-order valence-electron chi connectivity index (χ2n) is 4.00. The Balaban J connectivity index is 2.01. The first-order valence-corrected chi connectivity index (χ1v) is 5.63. The van der Waals surface area contributed by atoms with E-state index in [1.165, 1.54) is 0 Å². The van der Waals surface area contributed by atoms with Crippen LogP contribution >= 0.6 is 11.6 Å². The molecule has 80 valence electrons. The summed E-state index contributed by atoms with van der Waals surface area (Å²) in [6, 6.07) is 7.18. The van der Waals surface area contributed by atoms with Crippen molar-refractivity contribution in [3.05, 3.63) is 34.9 Å². The van der Waals surface area contributed by atoms with E-state index in [-0.39, 0.29) is 5.78 Å². The number of hydrogen-bond donors (Lipinski definition) is 1. The van der Waals surface area contributed by atoms with E-state index in [0.29, 0.717) is 17.4 Å². The largest absolute Gasteiger partial charge is 0.316 e. The summed E-state index contributed by atoms with van der Waals surface area (Å²) < 4.78 is 0. The summed E-state index contributed by atoms with van der Waals surface area (Å²) in [6.07, 6.45) is 1.74. The monoisotopic (exact) mass is 223 g/mol. The molecule has 0 saturated carbocycles. The number of carbonyl (C=O) groups is 1. The number of benzene rings is 1. The van der Waals surface area contributed by atoms with Crippen molar-refractivity contribution in [2.24, 2.45) is 5.92 Å². The van der Waals surface area contributed by atoms with Gasteiger partial charge in [0.1, 0.15) is 0 Å². The van der Waals surface area contributed by atoms with Gasteiger partial charge in [-0.25, -0.2) is 0 Å². The van der Waals surface area contributed by atoms with Gasteiger partial charge >= 0.3 is 0 Å². The third kappa shape index (κ3) is 2.80. The van der Waals surface area contributed by atoms with Gasteiger partial charge in [-0.15, -0.1) is 0 Å². The highest BCUT2D eigenvalue weighted by Gasteiger charge is 2.18. The van der Waals surface area contributed by atoms with Crippen molar-refractivity contribution in [3.8, 4) is 0 Å². The van der Waals surface area contributed by atoms with Crippen molar-refractivity contribution in [2.45, 2.75) is 12.8 Å². The Labute approximate surface area is 94.6 Å². The van der Waals surface area contributed by atoms with Crippen molar-refractivity contribution in [2.75, 3.05) is 13.1 Å². The summed E-state index contributed by atoms with van der Waals surface area (Å²) >= 11 is 5.84. The Morgan fingerprint density at radius 2 is 2.40 bits per heavy atom. The number of carbonyl (C=O) groups excluding carboxylic acids is 1. The molecular formula is C12H14ClNO. The lowest BCUT2D eigenvalue weighted by atomic mass is 9.98. The van der Waals surface area contributed by atoms with Gasteiger partial charge in [-0.1, -0.05) is 23.7 Å². The molecule has 0 amide bonds. The minimum Gasteiger partial charge on any atom is -0.316 e. The maximum atomic E-state index is 11.9. The van der Waals surface area contributed by atoms with E-state index in [1.807, 2.05) is 12.1 Å². The van der Waals surface area contributed by atoms with Crippen LogP contribution in [0.1, 0.15) is 23.2 Å². The molecule has 1 aromatic rings. The van der Waals surface area contributed by atoms with Crippen molar-refractivity contribution >= 4 is 17.4 Å². The fourth-order valence-electron chi connectivity index (χ4n) is 1.93. The summed E-state index contributed by atoms with van der Waals surface area (Å²) in [6.45, 7) is 2.00. The Kier molecular flexibility index (Phi) is 3.39. The normalized spacial score (nSPS) is 20.5. The summed E-state index contributed by atoms with van der Waals surface area (Å²) in [5, 5.41) is 3.89. The molecule has 0 radical (unpaired) electrons. The second kappa shape index (κ2) is 4.77. The van der Waals surface area contributed by atoms with Crippen LogP contribution in [0.15, 0.2) is 24.3 Å². The summed E-state index contributed by atoms with van der Waals surface area (Å²) in [4.78, 5) is 11.9. The van der Waals surface area contributed by atoms with Crippen LogP contribution in [0.25, 0.3) is 0 Å². The topological polar surface area (TPSA) is 29.1 Å². The molecular weight excluding hydrogens is 210 g/mol. The third-order valence-electron chi connectivity index (χ3n) is 2.78. The maximum absolute atomic E-state index is 11.9. The molecule has 1 aliphatic rings. The molecule has 0 aromatic heterocycles. The first-order chi connectivity index (χ1) is 7.25. The van der Waals surface area contributed by atoms with Crippen LogP contribution in [0.5, 0.6) is 0 Å². The highest BCUT2D eigenvalue weighted by molar-refractivity contribution is 6.31. The first kappa shape index (κ1) is 10.7. The highest BCUT2D eigenvalue weighted by atomic mass is 35.5. The molecule has 3 heteroatoms. The molecule has 1 aromatic carbocycles. The van der Waals surface area contributed by atoms with E-state index < -0.39 is 0 Å². The number of Topliss-reactive ketones (excluding diaryl/α,β-unsaturated/α-hetero) is 1. The number of halogens is 1. The van der Waals surface area contributed by atoms with Gasteiger partial charge in [-0.3, -0.25) is 4.79 Å². The van der Waals surface area contributed by atoms with E-state index >= 15 is 0 Å². The van der Waals surface area contributed by atoms with Crippen LogP contribution in [0, 0.1) is 5.92 Å². The van der Waals surface area contributed by atoms with Crippen molar-refractivity contribution < 1.29 is 4.79 Å². The van der Waals surface area contributed by atoms with Crippen molar-refractivity contribution in [1.82, 2.24) is 5.32 Å². The molecule has 15 heavy (non-hydrogen) atoms. The number of rotatable bonds is 3. The van der Waals surface area contributed by atoms with E-state index in [0.717, 1.165) is 25.1 Å². The third-order valence-corrected chi connectivity index (χ3v) is 3.02. The van der Waals surface area contributed by atoms with Crippen molar-refractivity contribution in [3.63, 3.8) is 0 Å². The van der Waals surface area contributed by atoms with Gasteiger partial charge in [0.2, 0.25) is 0 Å². The quantitative estimate of drug-likeness (QED) is 0.798. The number of ketones is 1. The Bertz CT molecular complexity index is 358. The summed E-state index contributed by atoms with van der Waals surface area (Å²) in [5.41, 5.74) is 0.731. The van der Waals surface area contributed by atoms with Crippen LogP contribution in [-0.2, 0) is 0 Å². The van der Waals surface area contributed by atoms with E-state index in [9.17, 15) is 4.79 Å². The molecule has 1 saturated heterocycles. The van der Waals surface area contributed by atoms with Gasteiger partial charge in [0.15, 0.2) is 5.78 Å². The Morgan fingerprint density at radius 3 is 3.07 bits per heavy atom. The van der Waals surface area contributed by atoms with Gasteiger partial charge in [0.05, 0.1) is 0 Å². The predicted molar refractivity (Wildman–Crippen MR) is 61.4 cm³/mol. The minimum atomic E-state index is 0.200. The molecule has 0 aliphatic carbocycles. The average molecular weight is 224 g/mol. The van der Waals surface area contributed by atoms with E-state index in [1.54, 1.807) is 12.1 Å². The second-order valence-corrected chi connectivity index (χ2v) is 4.43. The predicted octanol–water partition coefficient (Wildman–Crippen LogP) is 2.52. The zero-order valence-corrected chi connectivity index (χ0v) is 9.26. The summed E-state index contributed by atoms with van der Waals surface area (Å²) in [7, 11) is 0. The number of hydrogen-bond acceptors (Lipinski definition) is 2. The van der Waals surface area contributed by atoms with E-state index in [2.05, 4.69) is 5.32 Å². The Morgan fingerprint density at radius 1 is 1.53 bits per heavy atom.